The van der Waals surface area contributed by atoms with Gasteiger partial charge in [0.1, 0.15) is 11.6 Å². The molecule has 0 aliphatic carbocycles. The van der Waals surface area contributed by atoms with E-state index < -0.39 is 12.1 Å². The van der Waals surface area contributed by atoms with Gasteiger partial charge in [0.2, 0.25) is 0 Å². The van der Waals surface area contributed by atoms with Crippen LogP contribution in [0.3, 0.4) is 0 Å². The number of aromatic nitrogens is 1. The molecule has 1 unspecified atom stereocenters. The Balaban J connectivity index is 1.76. The summed E-state index contributed by atoms with van der Waals surface area (Å²) in [5, 5.41) is 0. The van der Waals surface area contributed by atoms with Crippen LogP contribution in [0.1, 0.15) is 6.42 Å². The van der Waals surface area contributed by atoms with Crippen LogP contribution in [-0.4, -0.2) is 36.1 Å². The van der Waals surface area contributed by atoms with Crippen molar-refractivity contribution in [1.82, 2.24) is 4.98 Å². The molecule has 1 fully saturated rings. The first-order chi connectivity index (χ1) is 11.6. The number of pyridine rings is 1. The number of esters is 1. The number of ether oxygens (including phenoxy) is 1. The summed E-state index contributed by atoms with van der Waals surface area (Å²) >= 11 is 0. The molecule has 0 spiro atoms. The van der Waals surface area contributed by atoms with E-state index in [-0.39, 0.29) is 18.3 Å². The van der Waals surface area contributed by atoms with Gasteiger partial charge >= 0.3 is 5.97 Å². The van der Waals surface area contributed by atoms with Gasteiger partial charge in [0.25, 0.3) is 5.91 Å². The van der Waals surface area contributed by atoms with Crippen molar-refractivity contribution in [2.24, 2.45) is 5.73 Å². The van der Waals surface area contributed by atoms with Gasteiger partial charge < -0.3 is 10.5 Å². The average Bonchev–Trinajstić information content (AvgIpc) is 2.96. The second-order valence-electron chi connectivity index (χ2n) is 5.35. The summed E-state index contributed by atoms with van der Waals surface area (Å²) in [7, 11) is 0. The zero-order valence-electron chi connectivity index (χ0n) is 12.8. The monoisotopic (exact) mass is 329 g/mol. The highest BCUT2D eigenvalue weighted by atomic mass is 19.1. The Morgan fingerprint density at radius 2 is 2.12 bits per heavy atom. The Labute approximate surface area is 138 Å². The van der Waals surface area contributed by atoms with E-state index in [4.69, 9.17) is 10.5 Å². The number of anilines is 1. The van der Waals surface area contributed by atoms with Gasteiger partial charge in [0.15, 0.2) is 6.10 Å². The van der Waals surface area contributed by atoms with Gasteiger partial charge in [-0.2, -0.15) is 0 Å². The lowest BCUT2D eigenvalue weighted by molar-refractivity contribution is -0.152. The molecule has 6 nitrogen and oxygen atoms in total. The Morgan fingerprint density at radius 3 is 2.79 bits per heavy atom. The summed E-state index contributed by atoms with van der Waals surface area (Å²) in [6, 6.07) is 9.75. The molecule has 0 saturated carbocycles. The number of carbonyl (C=O) groups excluding carboxylic acids is 2. The standard InChI is InChI=1S/C17H16FN3O3/c18-13-4-2-1-3-12(13)11-5-6-15(20-10-11)21-8-7-14(17(21)23)24-16(22)9-19/h1-6,10,14H,7-9,19H2. The van der Waals surface area contributed by atoms with E-state index in [1.807, 2.05) is 0 Å². The fourth-order valence-electron chi connectivity index (χ4n) is 2.60. The third-order valence-corrected chi connectivity index (χ3v) is 3.81. The largest absolute Gasteiger partial charge is 0.451 e. The molecule has 2 N–H and O–H groups in total. The maximum atomic E-state index is 13.8. The summed E-state index contributed by atoms with van der Waals surface area (Å²) < 4.78 is 18.8. The van der Waals surface area contributed by atoms with Gasteiger partial charge in [-0.15, -0.1) is 0 Å². The van der Waals surface area contributed by atoms with Crippen LogP contribution < -0.4 is 10.6 Å². The molecule has 1 atom stereocenters. The minimum absolute atomic E-state index is 0.265. The molecule has 0 bridgehead atoms. The average molecular weight is 329 g/mol. The number of nitrogens with two attached hydrogens (primary N) is 1. The van der Waals surface area contributed by atoms with Gasteiger partial charge in [0.05, 0.1) is 6.54 Å². The van der Waals surface area contributed by atoms with Crippen LogP contribution in [0.5, 0.6) is 0 Å². The third-order valence-electron chi connectivity index (χ3n) is 3.81. The van der Waals surface area contributed by atoms with Crippen LogP contribution in [0.4, 0.5) is 10.2 Å². The molecule has 1 aliphatic heterocycles. The summed E-state index contributed by atoms with van der Waals surface area (Å²) in [6.45, 7) is 0.132. The SMILES string of the molecule is NCC(=O)OC1CCN(c2ccc(-c3ccccc3F)cn2)C1=O. The molecule has 0 radical (unpaired) electrons. The Hall–Kier alpha value is -2.80. The van der Waals surface area contributed by atoms with Gasteiger partial charge in [-0.25, -0.2) is 9.37 Å². The normalized spacial score (nSPS) is 17.2. The third kappa shape index (κ3) is 3.11. The highest BCUT2D eigenvalue weighted by Crippen LogP contribution is 2.26. The quantitative estimate of drug-likeness (QED) is 0.859. The summed E-state index contributed by atoms with van der Waals surface area (Å²) in [5.74, 6) is -0.842. The molecular formula is C17H16FN3O3. The molecule has 24 heavy (non-hydrogen) atoms. The number of amides is 1. The van der Waals surface area contributed by atoms with Crippen molar-refractivity contribution in [3.05, 3.63) is 48.4 Å². The molecule has 2 heterocycles. The van der Waals surface area contributed by atoms with Crippen molar-refractivity contribution in [3.63, 3.8) is 0 Å². The fraction of sp³-hybridized carbons (Fsp3) is 0.235. The lowest BCUT2D eigenvalue weighted by Gasteiger charge is -2.16. The minimum atomic E-state index is -0.825. The number of hydrogen-bond donors (Lipinski definition) is 1. The smallest absolute Gasteiger partial charge is 0.320 e. The maximum Gasteiger partial charge on any atom is 0.320 e. The van der Waals surface area contributed by atoms with Crippen molar-refractivity contribution in [2.45, 2.75) is 12.5 Å². The van der Waals surface area contributed by atoms with Crippen LogP contribution in [0.15, 0.2) is 42.6 Å². The minimum Gasteiger partial charge on any atom is -0.451 e. The second-order valence-corrected chi connectivity index (χ2v) is 5.35. The van der Waals surface area contributed by atoms with Crippen LogP contribution in [0.2, 0.25) is 0 Å². The number of hydrogen-bond acceptors (Lipinski definition) is 5. The molecule has 1 aromatic carbocycles. The van der Waals surface area contributed by atoms with Gasteiger partial charge in [0, 0.05) is 30.3 Å². The molecule has 124 valence electrons. The number of rotatable bonds is 4. The van der Waals surface area contributed by atoms with Gasteiger partial charge in [-0.1, -0.05) is 18.2 Å². The molecule has 1 amide bonds. The van der Waals surface area contributed by atoms with Gasteiger partial charge in [-0.05, 0) is 18.2 Å². The number of benzene rings is 1. The second kappa shape index (κ2) is 6.76. The highest BCUT2D eigenvalue weighted by molar-refractivity contribution is 5.99. The molecular weight excluding hydrogens is 313 g/mol. The molecule has 7 heteroatoms. The summed E-state index contributed by atoms with van der Waals surface area (Å²) in [5.41, 5.74) is 6.25. The van der Waals surface area contributed by atoms with E-state index in [0.29, 0.717) is 29.9 Å². The zero-order valence-corrected chi connectivity index (χ0v) is 12.8. The zero-order chi connectivity index (χ0) is 17.1. The van der Waals surface area contributed by atoms with Crippen LogP contribution in [0, 0.1) is 5.82 Å². The number of nitrogens with zero attached hydrogens (tertiary/aromatic N) is 2. The lowest BCUT2D eigenvalue weighted by Crippen LogP contribution is -2.33. The van der Waals surface area contributed by atoms with Crippen molar-refractivity contribution < 1.29 is 18.7 Å². The van der Waals surface area contributed by atoms with Crippen molar-refractivity contribution in [3.8, 4) is 11.1 Å². The number of halogens is 1. The molecule has 1 aliphatic rings. The predicted octanol–water partition coefficient (Wildman–Crippen LogP) is 1.49. The lowest BCUT2D eigenvalue weighted by atomic mass is 10.1. The molecule has 1 saturated heterocycles. The van der Waals surface area contributed by atoms with Crippen molar-refractivity contribution >= 4 is 17.7 Å². The van der Waals surface area contributed by atoms with Crippen LogP contribution in [-0.2, 0) is 14.3 Å². The first-order valence-corrected chi connectivity index (χ1v) is 7.52. The predicted molar refractivity (Wildman–Crippen MR) is 85.5 cm³/mol. The van der Waals surface area contributed by atoms with Crippen LogP contribution in [0.25, 0.3) is 11.1 Å². The fourth-order valence-corrected chi connectivity index (χ4v) is 2.60. The maximum absolute atomic E-state index is 13.8. The Bertz CT molecular complexity index is 764. The van der Waals surface area contributed by atoms with Gasteiger partial charge in [-0.3, -0.25) is 14.5 Å². The molecule has 3 rings (SSSR count). The van der Waals surface area contributed by atoms with Crippen molar-refractivity contribution in [1.29, 1.82) is 0 Å². The summed E-state index contributed by atoms with van der Waals surface area (Å²) in [4.78, 5) is 29.2. The first kappa shape index (κ1) is 16.1. The van der Waals surface area contributed by atoms with Crippen molar-refractivity contribution in [2.75, 3.05) is 18.0 Å². The number of carbonyl (C=O) groups is 2. The van der Waals surface area contributed by atoms with E-state index in [2.05, 4.69) is 4.98 Å². The topological polar surface area (TPSA) is 85.5 Å². The molecule has 1 aromatic heterocycles. The van der Waals surface area contributed by atoms with Crippen LogP contribution >= 0.6 is 0 Å². The van der Waals surface area contributed by atoms with E-state index in [9.17, 15) is 14.0 Å². The first-order valence-electron chi connectivity index (χ1n) is 7.52. The summed E-state index contributed by atoms with van der Waals surface area (Å²) in [6.07, 6.45) is 1.08. The van der Waals surface area contributed by atoms with E-state index in [1.54, 1.807) is 30.3 Å². The van der Waals surface area contributed by atoms with E-state index in [1.165, 1.54) is 17.2 Å². The Kier molecular flexibility index (Phi) is 4.52. The molecule has 2 aromatic rings. The van der Waals surface area contributed by atoms with E-state index >= 15 is 0 Å². The Morgan fingerprint density at radius 1 is 1.33 bits per heavy atom. The highest BCUT2D eigenvalue weighted by Gasteiger charge is 2.35. The van der Waals surface area contributed by atoms with E-state index in [0.717, 1.165) is 0 Å².